The van der Waals surface area contributed by atoms with E-state index in [0.29, 0.717) is 12.1 Å². The van der Waals surface area contributed by atoms with Crippen LogP contribution in [0.5, 0.6) is 0 Å². The molecular formula is C23H43NO2. The van der Waals surface area contributed by atoms with Crippen molar-refractivity contribution in [1.29, 1.82) is 0 Å². The number of rotatable bonds is 18. The van der Waals surface area contributed by atoms with Gasteiger partial charge < -0.3 is 4.84 Å². The summed E-state index contributed by atoms with van der Waals surface area (Å²) in [5.74, 6) is 0.219. The predicted octanol–water partition coefficient (Wildman–Crippen LogP) is 7.37. The molecular weight excluding hydrogens is 322 g/mol. The number of nitrogens with zero attached hydrogens (tertiary/aromatic N) is 1. The number of ketones is 1. The van der Waals surface area contributed by atoms with Crippen LogP contribution in [0.15, 0.2) is 5.16 Å². The van der Waals surface area contributed by atoms with Gasteiger partial charge in [-0.1, -0.05) is 102 Å². The van der Waals surface area contributed by atoms with Crippen molar-refractivity contribution < 1.29 is 9.63 Å². The van der Waals surface area contributed by atoms with Gasteiger partial charge in [0.15, 0.2) is 5.78 Å². The molecule has 1 unspecified atom stereocenters. The molecule has 0 radical (unpaired) electrons. The summed E-state index contributed by atoms with van der Waals surface area (Å²) in [5.41, 5.74) is 0.692. The molecule has 3 heteroatoms. The standard InChI is InChI=1S/C23H43NO2/c1-3-5-7-9-10-11-12-13-14-15-17-19-23(25)22-20-21(26-24-22)18-16-8-6-4-2/h21H,3-20H2,1-2H3. The van der Waals surface area contributed by atoms with Gasteiger partial charge in [0, 0.05) is 12.8 Å². The molecule has 0 spiro atoms. The van der Waals surface area contributed by atoms with Crippen molar-refractivity contribution in [3.05, 3.63) is 0 Å². The molecule has 0 aliphatic carbocycles. The van der Waals surface area contributed by atoms with Gasteiger partial charge in [-0.05, 0) is 19.3 Å². The highest BCUT2D eigenvalue weighted by atomic mass is 16.6. The number of unbranched alkanes of at least 4 members (excludes halogenated alkanes) is 13. The Labute approximate surface area is 162 Å². The number of oxime groups is 1. The molecule has 0 aromatic carbocycles. The van der Waals surface area contributed by atoms with Gasteiger partial charge in [0.2, 0.25) is 0 Å². The number of hydrogen-bond donors (Lipinski definition) is 0. The molecule has 0 bridgehead atoms. The maximum Gasteiger partial charge on any atom is 0.180 e. The summed E-state index contributed by atoms with van der Waals surface area (Å²) in [7, 11) is 0. The topological polar surface area (TPSA) is 38.7 Å². The van der Waals surface area contributed by atoms with Gasteiger partial charge in [-0.25, -0.2) is 0 Å². The Hall–Kier alpha value is -0.860. The summed E-state index contributed by atoms with van der Waals surface area (Å²) < 4.78 is 0. The number of carbonyl (C=O) groups excluding carboxylic acids is 1. The summed E-state index contributed by atoms with van der Waals surface area (Å²) in [5, 5.41) is 4.05. The van der Waals surface area contributed by atoms with Crippen LogP contribution in [0.4, 0.5) is 0 Å². The number of Topliss-reactive ketones (excluding diaryl/α,β-unsaturated/α-hetero) is 1. The Kier molecular flexibility index (Phi) is 14.6. The molecule has 0 amide bonds. The molecule has 1 aliphatic rings. The van der Waals surface area contributed by atoms with Crippen molar-refractivity contribution in [2.45, 2.75) is 136 Å². The summed E-state index contributed by atoms with van der Waals surface area (Å²) in [6, 6.07) is 0. The van der Waals surface area contributed by atoms with E-state index in [0.717, 1.165) is 19.3 Å². The van der Waals surface area contributed by atoms with Crippen molar-refractivity contribution in [1.82, 2.24) is 0 Å². The fraction of sp³-hybridized carbons (Fsp3) is 0.913. The average Bonchev–Trinajstić information content (AvgIpc) is 3.12. The highest BCUT2D eigenvalue weighted by Crippen LogP contribution is 2.19. The highest BCUT2D eigenvalue weighted by Gasteiger charge is 2.24. The summed E-state index contributed by atoms with van der Waals surface area (Å²) in [6.45, 7) is 4.49. The highest BCUT2D eigenvalue weighted by molar-refractivity contribution is 6.40. The third-order valence-electron chi connectivity index (χ3n) is 5.44. The van der Waals surface area contributed by atoms with Gasteiger partial charge in [0.1, 0.15) is 11.8 Å². The van der Waals surface area contributed by atoms with Gasteiger partial charge >= 0.3 is 0 Å². The first-order valence-corrected chi connectivity index (χ1v) is 11.5. The van der Waals surface area contributed by atoms with Crippen LogP contribution in [0.2, 0.25) is 0 Å². The minimum atomic E-state index is 0.156. The summed E-state index contributed by atoms with van der Waals surface area (Å²) in [6.07, 6.45) is 22.1. The molecule has 1 rings (SSSR count). The third-order valence-corrected chi connectivity index (χ3v) is 5.44. The fourth-order valence-electron chi connectivity index (χ4n) is 3.64. The molecule has 26 heavy (non-hydrogen) atoms. The molecule has 1 heterocycles. The van der Waals surface area contributed by atoms with Crippen molar-refractivity contribution in [2.75, 3.05) is 0 Å². The zero-order valence-electron chi connectivity index (χ0n) is 17.6. The molecule has 0 N–H and O–H groups in total. The smallest absolute Gasteiger partial charge is 0.180 e. The SMILES string of the molecule is CCCCCCCCCCCCCC(=O)C1=NOC(CCCCCC)C1. The van der Waals surface area contributed by atoms with Crippen molar-refractivity contribution in [3.8, 4) is 0 Å². The van der Waals surface area contributed by atoms with Crippen LogP contribution in [-0.2, 0) is 9.63 Å². The molecule has 0 aromatic rings. The minimum Gasteiger partial charge on any atom is -0.392 e. The lowest BCUT2D eigenvalue weighted by molar-refractivity contribution is -0.113. The monoisotopic (exact) mass is 365 g/mol. The average molecular weight is 366 g/mol. The van der Waals surface area contributed by atoms with E-state index >= 15 is 0 Å². The van der Waals surface area contributed by atoms with Gasteiger partial charge in [-0.15, -0.1) is 0 Å². The van der Waals surface area contributed by atoms with Gasteiger partial charge in [-0.3, -0.25) is 4.79 Å². The van der Waals surface area contributed by atoms with Crippen LogP contribution in [0.25, 0.3) is 0 Å². The Morgan fingerprint density at radius 3 is 1.88 bits per heavy atom. The molecule has 3 nitrogen and oxygen atoms in total. The molecule has 0 fully saturated rings. The quantitative estimate of drug-likeness (QED) is 0.238. The van der Waals surface area contributed by atoms with Crippen LogP contribution in [0.3, 0.4) is 0 Å². The minimum absolute atomic E-state index is 0.156. The molecule has 0 saturated carbocycles. The third kappa shape index (κ3) is 11.7. The maximum absolute atomic E-state index is 12.2. The summed E-state index contributed by atoms with van der Waals surface area (Å²) in [4.78, 5) is 17.7. The molecule has 0 saturated heterocycles. The van der Waals surface area contributed by atoms with Crippen LogP contribution in [-0.4, -0.2) is 17.6 Å². The zero-order valence-corrected chi connectivity index (χ0v) is 17.6. The lowest BCUT2D eigenvalue weighted by Crippen LogP contribution is -2.15. The predicted molar refractivity (Wildman–Crippen MR) is 112 cm³/mol. The lowest BCUT2D eigenvalue weighted by Gasteiger charge is -2.06. The van der Waals surface area contributed by atoms with E-state index < -0.39 is 0 Å². The Morgan fingerprint density at radius 1 is 0.808 bits per heavy atom. The van der Waals surface area contributed by atoms with Crippen LogP contribution >= 0.6 is 0 Å². The second-order valence-electron chi connectivity index (χ2n) is 8.03. The maximum atomic E-state index is 12.2. The Morgan fingerprint density at radius 2 is 1.31 bits per heavy atom. The van der Waals surface area contributed by atoms with Crippen molar-refractivity contribution in [2.24, 2.45) is 5.16 Å². The van der Waals surface area contributed by atoms with Crippen LogP contribution < -0.4 is 0 Å². The number of hydrogen-bond acceptors (Lipinski definition) is 3. The largest absolute Gasteiger partial charge is 0.392 e. The molecule has 1 atom stereocenters. The normalized spacial score (nSPS) is 16.5. The Bertz CT molecular complexity index is 378. The second kappa shape index (κ2) is 16.3. The molecule has 0 aromatic heterocycles. The van der Waals surface area contributed by atoms with E-state index in [1.807, 2.05) is 0 Å². The first-order chi connectivity index (χ1) is 12.8. The van der Waals surface area contributed by atoms with E-state index in [1.165, 1.54) is 89.9 Å². The number of carbonyl (C=O) groups is 1. The van der Waals surface area contributed by atoms with Crippen molar-refractivity contribution >= 4 is 11.5 Å². The van der Waals surface area contributed by atoms with E-state index in [1.54, 1.807) is 0 Å². The zero-order chi connectivity index (χ0) is 18.9. The molecule has 1 aliphatic heterocycles. The van der Waals surface area contributed by atoms with Crippen LogP contribution in [0, 0.1) is 0 Å². The van der Waals surface area contributed by atoms with Crippen LogP contribution in [0.1, 0.15) is 129 Å². The van der Waals surface area contributed by atoms with E-state index in [4.69, 9.17) is 4.84 Å². The van der Waals surface area contributed by atoms with E-state index in [-0.39, 0.29) is 11.9 Å². The first-order valence-electron chi connectivity index (χ1n) is 11.5. The lowest BCUT2D eigenvalue weighted by atomic mass is 10.00. The fourth-order valence-corrected chi connectivity index (χ4v) is 3.64. The van der Waals surface area contributed by atoms with Crippen molar-refractivity contribution in [3.63, 3.8) is 0 Å². The van der Waals surface area contributed by atoms with Gasteiger partial charge in [0.25, 0.3) is 0 Å². The van der Waals surface area contributed by atoms with Gasteiger partial charge in [-0.2, -0.15) is 0 Å². The van der Waals surface area contributed by atoms with E-state index in [2.05, 4.69) is 19.0 Å². The summed E-state index contributed by atoms with van der Waals surface area (Å²) >= 11 is 0. The van der Waals surface area contributed by atoms with Gasteiger partial charge in [0.05, 0.1) is 0 Å². The first kappa shape index (κ1) is 23.2. The van der Waals surface area contributed by atoms with E-state index in [9.17, 15) is 4.79 Å². The second-order valence-corrected chi connectivity index (χ2v) is 8.03. The molecule has 152 valence electrons. The Balaban J connectivity index is 1.91.